The van der Waals surface area contributed by atoms with Crippen LogP contribution in [0.5, 0.6) is 11.5 Å². The fourth-order valence-corrected chi connectivity index (χ4v) is 1.98. The van der Waals surface area contributed by atoms with Crippen molar-refractivity contribution in [3.8, 4) is 11.5 Å². The molecule has 0 aliphatic carbocycles. The molecule has 2 rings (SSSR count). The lowest BCUT2D eigenvalue weighted by Gasteiger charge is -2.11. The second kappa shape index (κ2) is 6.29. The maximum absolute atomic E-state index is 12.2. The summed E-state index contributed by atoms with van der Waals surface area (Å²) in [6, 6.07) is 3.94. The molecule has 1 aromatic carbocycles. The second-order valence-electron chi connectivity index (χ2n) is 3.54. The molecule has 0 bridgehead atoms. The van der Waals surface area contributed by atoms with Crippen molar-refractivity contribution in [2.75, 3.05) is 12.4 Å². The molecule has 0 spiro atoms. The second-order valence-corrected chi connectivity index (χ2v) is 4.43. The molecule has 5 nitrogen and oxygen atoms in total. The molecule has 2 aromatic rings. The van der Waals surface area contributed by atoms with Gasteiger partial charge >= 0.3 is 6.61 Å². The van der Waals surface area contributed by atoms with Gasteiger partial charge in [0.25, 0.3) is 5.91 Å². The minimum absolute atomic E-state index is 0.0529. The van der Waals surface area contributed by atoms with E-state index in [0.29, 0.717) is 5.13 Å². The van der Waals surface area contributed by atoms with Crippen molar-refractivity contribution >= 4 is 22.4 Å². The van der Waals surface area contributed by atoms with Crippen LogP contribution in [0.3, 0.4) is 0 Å². The van der Waals surface area contributed by atoms with E-state index < -0.39 is 12.5 Å². The van der Waals surface area contributed by atoms with Crippen LogP contribution in [-0.4, -0.2) is 24.6 Å². The lowest BCUT2D eigenvalue weighted by atomic mass is 10.2. The number of hydrogen-bond acceptors (Lipinski definition) is 5. The number of carbonyl (C=O) groups excluding carboxylic acids is 1. The first kappa shape index (κ1) is 14.2. The minimum atomic E-state index is -2.96. The zero-order valence-corrected chi connectivity index (χ0v) is 11.1. The number of aromatic nitrogens is 1. The van der Waals surface area contributed by atoms with Crippen molar-refractivity contribution in [1.29, 1.82) is 0 Å². The van der Waals surface area contributed by atoms with Crippen LogP contribution >= 0.6 is 11.3 Å². The van der Waals surface area contributed by atoms with Gasteiger partial charge in [0.15, 0.2) is 16.6 Å². The number of thiazole rings is 1. The van der Waals surface area contributed by atoms with Crippen LogP contribution < -0.4 is 14.8 Å². The molecular weight excluding hydrogens is 290 g/mol. The van der Waals surface area contributed by atoms with Gasteiger partial charge in [-0.3, -0.25) is 10.1 Å². The Kier molecular flexibility index (Phi) is 4.46. The molecule has 8 heteroatoms. The van der Waals surface area contributed by atoms with Gasteiger partial charge in [0.05, 0.1) is 7.11 Å². The maximum Gasteiger partial charge on any atom is 0.387 e. The molecule has 0 unspecified atom stereocenters. The minimum Gasteiger partial charge on any atom is -0.493 e. The first-order valence-corrected chi connectivity index (χ1v) is 6.32. The molecule has 0 radical (unpaired) electrons. The quantitative estimate of drug-likeness (QED) is 0.922. The maximum atomic E-state index is 12.2. The summed E-state index contributed by atoms with van der Waals surface area (Å²) in [7, 11) is 1.30. The average molecular weight is 300 g/mol. The number of alkyl halides is 2. The Morgan fingerprint density at radius 3 is 2.80 bits per heavy atom. The molecule has 0 atom stereocenters. The molecule has 0 saturated carbocycles. The topological polar surface area (TPSA) is 60.5 Å². The van der Waals surface area contributed by atoms with Crippen LogP contribution in [0.1, 0.15) is 10.4 Å². The monoisotopic (exact) mass is 300 g/mol. The van der Waals surface area contributed by atoms with Gasteiger partial charge in [0.2, 0.25) is 0 Å². The highest BCUT2D eigenvalue weighted by Gasteiger charge is 2.14. The van der Waals surface area contributed by atoms with Crippen molar-refractivity contribution in [1.82, 2.24) is 4.98 Å². The normalized spacial score (nSPS) is 10.4. The predicted octanol–water partition coefficient (Wildman–Crippen LogP) is 3.01. The van der Waals surface area contributed by atoms with E-state index in [-0.39, 0.29) is 17.1 Å². The van der Waals surface area contributed by atoms with Crippen LogP contribution in [0.15, 0.2) is 29.8 Å². The third kappa shape index (κ3) is 3.41. The number of hydrogen-bond donors (Lipinski definition) is 1. The number of nitrogens with one attached hydrogen (secondary N) is 1. The van der Waals surface area contributed by atoms with Crippen LogP contribution in [0.25, 0.3) is 0 Å². The molecule has 0 aliphatic rings. The van der Waals surface area contributed by atoms with Gasteiger partial charge in [0, 0.05) is 17.1 Å². The zero-order chi connectivity index (χ0) is 14.5. The van der Waals surface area contributed by atoms with Crippen molar-refractivity contribution in [3.05, 3.63) is 35.3 Å². The molecule has 0 saturated heterocycles. The summed E-state index contributed by atoms with van der Waals surface area (Å²) in [6.45, 7) is -2.96. The number of methoxy groups -OCH3 is 1. The van der Waals surface area contributed by atoms with Crippen LogP contribution in [-0.2, 0) is 0 Å². The first-order chi connectivity index (χ1) is 9.60. The van der Waals surface area contributed by atoms with E-state index in [9.17, 15) is 13.6 Å². The molecule has 0 fully saturated rings. The number of halogens is 2. The Bertz CT molecular complexity index is 590. The van der Waals surface area contributed by atoms with Crippen molar-refractivity contribution < 1.29 is 23.0 Å². The molecule has 1 aromatic heterocycles. The van der Waals surface area contributed by atoms with Gasteiger partial charge in [-0.1, -0.05) is 0 Å². The number of carbonyl (C=O) groups is 1. The fourth-order valence-electron chi connectivity index (χ4n) is 1.46. The van der Waals surface area contributed by atoms with E-state index in [0.717, 1.165) is 0 Å². The first-order valence-electron chi connectivity index (χ1n) is 5.44. The van der Waals surface area contributed by atoms with E-state index in [1.165, 1.54) is 36.6 Å². The molecule has 1 amide bonds. The molecular formula is C12H10F2N2O3S. The van der Waals surface area contributed by atoms with Crippen molar-refractivity contribution in [2.45, 2.75) is 6.61 Å². The smallest absolute Gasteiger partial charge is 0.387 e. The molecule has 20 heavy (non-hydrogen) atoms. The van der Waals surface area contributed by atoms with E-state index in [4.69, 9.17) is 4.74 Å². The molecule has 1 N–H and O–H groups in total. The highest BCUT2D eigenvalue weighted by Crippen LogP contribution is 2.29. The lowest BCUT2D eigenvalue weighted by molar-refractivity contribution is -0.0512. The Morgan fingerprint density at radius 1 is 1.40 bits per heavy atom. The molecule has 106 valence electrons. The third-order valence-corrected chi connectivity index (χ3v) is 2.98. The van der Waals surface area contributed by atoms with Gasteiger partial charge in [-0.2, -0.15) is 8.78 Å². The van der Waals surface area contributed by atoms with Gasteiger partial charge in [-0.05, 0) is 18.2 Å². The lowest BCUT2D eigenvalue weighted by Crippen LogP contribution is -2.12. The molecule has 0 aliphatic heterocycles. The number of anilines is 1. The van der Waals surface area contributed by atoms with Crippen LogP contribution in [0, 0.1) is 0 Å². The van der Waals surface area contributed by atoms with E-state index in [1.807, 2.05) is 0 Å². The highest BCUT2D eigenvalue weighted by molar-refractivity contribution is 7.13. The number of benzene rings is 1. The Balaban J connectivity index is 2.18. The predicted molar refractivity (Wildman–Crippen MR) is 69.7 cm³/mol. The van der Waals surface area contributed by atoms with E-state index >= 15 is 0 Å². The number of nitrogens with zero attached hydrogens (tertiary/aromatic N) is 1. The van der Waals surface area contributed by atoms with E-state index in [1.54, 1.807) is 11.6 Å². The zero-order valence-electron chi connectivity index (χ0n) is 10.3. The average Bonchev–Trinajstić information content (AvgIpc) is 2.91. The summed E-state index contributed by atoms with van der Waals surface area (Å²) >= 11 is 1.27. The SMILES string of the molecule is COc1cc(C(=O)Nc2nccs2)ccc1OC(F)F. The van der Waals surface area contributed by atoms with Crippen molar-refractivity contribution in [3.63, 3.8) is 0 Å². The summed E-state index contributed by atoms with van der Waals surface area (Å²) in [5.41, 5.74) is 0.249. The number of ether oxygens (including phenoxy) is 2. The van der Waals surface area contributed by atoms with Gasteiger partial charge in [-0.15, -0.1) is 11.3 Å². The fraction of sp³-hybridized carbons (Fsp3) is 0.167. The van der Waals surface area contributed by atoms with Crippen LogP contribution in [0.2, 0.25) is 0 Å². The number of amides is 1. The number of rotatable bonds is 5. The summed E-state index contributed by atoms with van der Waals surface area (Å²) in [6.07, 6.45) is 1.56. The Labute approximate surface area is 117 Å². The summed E-state index contributed by atoms with van der Waals surface area (Å²) in [5, 5.41) is 4.74. The van der Waals surface area contributed by atoms with Crippen molar-refractivity contribution in [2.24, 2.45) is 0 Å². The highest BCUT2D eigenvalue weighted by atomic mass is 32.1. The Morgan fingerprint density at radius 2 is 2.20 bits per heavy atom. The summed E-state index contributed by atoms with van der Waals surface area (Å²) < 4.78 is 33.6. The largest absolute Gasteiger partial charge is 0.493 e. The third-order valence-electron chi connectivity index (χ3n) is 2.29. The van der Waals surface area contributed by atoms with Gasteiger partial charge in [0.1, 0.15) is 0 Å². The summed E-state index contributed by atoms with van der Waals surface area (Å²) in [4.78, 5) is 15.8. The van der Waals surface area contributed by atoms with Gasteiger partial charge < -0.3 is 9.47 Å². The summed E-state index contributed by atoms with van der Waals surface area (Å²) in [5.74, 6) is -0.493. The molecule has 1 heterocycles. The van der Waals surface area contributed by atoms with Gasteiger partial charge in [-0.25, -0.2) is 4.98 Å². The van der Waals surface area contributed by atoms with Crippen LogP contribution in [0.4, 0.5) is 13.9 Å². The van der Waals surface area contributed by atoms with E-state index in [2.05, 4.69) is 15.0 Å². The standard InChI is InChI=1S/C12H10F2N2O3S/c1-18-9-6-7(2-3-8(9)19-11(13)14)10(17)16-12-15-4-5-20-12/h2-6,11H,1H3,(H,15,16,17). The Hall–Kier alpha value is -2.22.